The van der Waals surface area contributed by atoms with Gasteiger partial charge in [-0.05, 0) is 27.7 Å². The van der Waals surface area contributed by atoms with Gasteiger partial charge in [0.15, 0.2) is 0 Å². The second-order valence-corrected chi connectivity index (χ2v) is 11.9. The van der Waals surface area contributed by atoms with Crippen molar-refractivity contribution < 1.29 is 17.7 Å². The first-order valence-electron chi connectivity index (χ1n) is 5.88. The molecule has 0 bridgehead atoms. The van der Waals surface area contributed by atoms with Gasteiger partial charge < -0.3 is 17.7 Å². The maximum Gasteiger partial charge on any atom is 0.446 e. The third-order valence-electron chi connectivity index (χ3n) is 1.86. The maximum atomic E-state index is 6.38. The van der Waals surface area contributed by atoms with Gasteiger partial charge in [0.2, 0.25) is 0 Å². The Morgan fingerprint density at radius 3 is 1.06 bits per heavy atom. The van der Waals surface area contributed by atoms with Gasteiger partial charge in [0.1, 0.15) is 0 Å². The van der Waals surface area contributed by atoms with Crippen LogP contribution >= 0.6 is 22.2 Å². The van der Waals surface area contributed by atoms with Crippen LogP contribution in [0, 0.1) is 0 Å². The summed E-state index contributed by atoms with van der Waals surface area (Å²) < 4.78 is 22.1. The van der Waals surface area contributed by atoms with E-state index in [9.17, 15) is 0 Å². The highest BCUT2D eigenvalue weighted by atomic mass is 35.6. The lowest BCUT2D eigenvalue weighted by atomic mass is 10.9. The minimum absolute atomic E-state index is 0.354. The molecule has 4 nitrogen and oxygen atoms in total. The van der Waals surface area contributed by atoms with Crippen molar-refractivity contribution in [2.24, 2.45) is 0 Å². The van der Waals surface area contributed by atoms with E-state index in [0.717, 1.165) is 0 Å². The van der Waals surface area contributed by atoms with Crippen molar-refractivity contribution in [2.75, 3.05) is 26.4 Å². The van der Waals surface area contributed by atoms with Gasteiger partial charge >= 0.3 is 15.7 Å². The summed E-state index contributed by atoms with van der Waals surface area (Å²) in [6.07, 6.45) is 0. The van der Waals surface area contributed by atoms with Crippen LogP contribution in [0.3, 0.4) is 0 Å². The molecular weight excluding hydrogens is 299 g/mol. The van der Waals surface area contributed by atoms with Crippen molar-refractivity contribution in [3.8, 4) is 0 Å². The zero-order valence-corrected chi connectivity index (χ0v) is 14.4. The van der Waals surface area contributed by atoms with Gasteiger partial charge in [-0.1, -0.05) is 22.2 Å². The molecule has 17 heavy (non-hydrogen) atoms. The van der Waals surface area contributed by atoms with Crippen LogP contribution in [-0.2, 0) is 17.7 Å². The Labute approximate surface area is 115 Å². The quantitative estimate of drug-likeness (QED) is 0.458. The van der Waals surface area contributed by atoms with Crippen LogP contribution < -0.4 is 0 Å². The molecule has 0 fully saturated rings. The molecule has 0 unspecified atom stereocenters. The molecule has 0 aromatic carbocycles. The van der Waals surface area contributed by atoms with Crippen LogP contribution in [0.15, 0.2) is 0 Å². The second kappa shape index (κ2) is 8.87. The molecule has 0 aromatic heterocycles. The summed E-state index contributed by atoms with van der Waals surface area (Å²) in [5.74, 6) is 0. The normalized spacial score (nSPS) is 13.1. The molecule has 0 saturated heterocycles. The molecule has 8 heteroatoms. The van der Waals surface area contributed by atoms with E-state index in [0.29, 0.717) is 32.1 Å². The predicted molar refractivity (Wildman–Crippen MR) is 74.5 cm³/mol. The maximum absolute atomic E-state index is 6.38. The van der Waals surface area contributed by atoms with Crippen LogP contribution in [0.25, 0.3) is 0 Å². The highest BCUT2D eigenvalue weighted by molar-refractivity contribution is 7.25. The summed E-state index contributed by atoms with van der Waals surface area (Å²) in [7, 11) is -5.61. The predicted octanol–water partition coefficient (Wildman–Crippen LogP) is 3.03. The summed E-state index contributed by atoms with van der Waals surface area (Å²) in [5.41, 5.74) is 0.354. The van der Waals surface area contributed by atoms with Crippen LogP contribution in [0.1, 0.15) is 27.7 Å². The summed E-state index contributed by atoms with van der Waals surface area (Å²) in [4.78, 5) is 0. The summed E-state index contributed by atoms with van der Waals surface area (Å²) in [6.45, 7) is 9.49. The highest BCUT2D eigenvalue weighted by Crippen LogP contribution is 2.29. The Morgan fingerprint density at radius 2 is 0.882 bits per heavy atom. The minimum Gasteiger partial charge on any atom is -0.383 e. The lowest BCUT2D eigenvalue weighted by Crippen LogP contribution is -2.49. The molecule has 0 rings (SSSR count). The van der Waals surface area contributed by atoms with Crippen molar-refractivity contribution >= 4 is 37.9 Å². The average Bonchev–Trinajstić information content (AvgIpc) is 2.17. The molecule has 0 N–H and O–H groups in total. The first-order chi connectivity index (χ1) is 7.95. The molecule has 0 radical (unpaired) electrons. The zero-order chi connectivity index (χ0) is 13.4. The molecule has 0 heterocycles. The fraction of sp³-hybridized carbons (Fsp3) is 1.00. The van der Waals surface area contributed by atoms with Gasteiger partial charge in [0.25, 0.3) is 0 Å². The van der Waals surface area contributed by atoms with Crippen molar-refractivity contribution in [3.63, 3.8) is 0 Å². The third-order valence-corrected chi connectivity index (χ3v) is 11.8. The molecule has 0 aliphatic heterocycles. The Bertz CT molecular complexity index is 177. The molecule has 0 amide bonds. The first kappa shape index (κ1) is 17.9. The highest BCUT2D eigenvalue weighted by Gasteiger charge is 2.50. The lowest BCUT2D eigenvalue weighted by Gasteiger charge is -2.30. The monoisotopic (exact) mass is 320 g/mol. The van der Waals surface area contributed by atoms with Gasteiger partial charge in [0.05, 0.1) is 5.67 Å². The van der Waals surface area contributed by atoms with Gasteiger partial charge in [-0.2, -0.15) is 0 Å². The van der Waals surface area contributed by atoms with E-state index in [-0.39, 0.29) is 0 Å². The lowest BCUT2D eigenvalue weighted by molar-refractivity contribution is 0.184. The SMILES string of the molecule is CCO[Si](Cl)(C[Si](Cl)(OCC)OCC)OCC. The van der Waals surface area contributed by atoms with Gasteiger partial charge in [0, 0.05) is 26.4 Å². The van der Waals surface area contributed by atoms with Crippen LogP contribution in [-0.4, -0.2) is 42.2 Å². The number of hydrogen-bond donors (Lipinski definition) is 0. The largest absolute Gasteiger partial charge is 0.446 e. The van der Waals surface area contributed by atoms with E-state index in [1.807, 2.05) is 27.7 Å². The van der Waals surface area contributed by atoms with Crippen molar-refractivity contribution in [1.82, 2.24) is 0 Å². The Hall–Kier alpha value is 0.854. The molecular formula is C9H22Cl2O4Si2. The van der Waals surface area contributed by atoms with E-state index in [1.54, 1.807) is 0 Å². The topological polar surface area (TPSA) is 36.9 Å². The summed E-state index contributed by atoms with van der Waals surface area (Å²) in [6, 6.07) is 0. The standard InChI is InChI=1S/C9H22Cl2O4Si2/c1-5-12-16(10,13-6-2)9-17(11,14-7-3)15-8-4/h5-9H2,1-4H3. The Balaban J connectivity index is 4.65. The van der Waals surface area contributed by atoms with Gasteiger partial charge in [-0.3, -0.25) is 0 Å². The summed E-state index contributed by atoms with van der Waals surface area (Å²) >= 11 is 12.8. The van der Waals surface area contributed by atoms with Gasteiger partial charge in [-0.25, -0.2) is 0 Å². The second-order valence-electron chi connectivity index (χ2n) is 3.23. The number of rotatable bonds is 10. The van der Waals surface area contributed by atoms with Crippen molar-refractivity contribution in [3.05, 3.63) is 0 Å². The van der Waals surface area contributed by atoms with E-state index >= 15 is 0 Å². The fourth-order valence-corrected chi connectivity index (χ4v) is 12.0. The van der Waals surface area contributed by atoms with Crippen molar-refractivity contribution in [2.45, 2.75) is 33.4 Å². The molecule has 0 saturated carbocycles. The summed E-state index contributed by atoms with van der Waals surface area (Å²) in [5, 5.41) is 0. The first-order valence-corrected chi connectivity index (χ1v) is 12.0. The van der Waals surface area contributed by atoms with Crippen LogP contribution in [0.4, 0.5) is 0 Å². The zero-order valence-electron chi connectivity index (χ0n) is 10.9. The average molecular weight is 321 g/mol. The van der Waals surface area contributed by atoms with E-state index in [4.69, 9.17) is 39.9 Å². The van der Waals surface area contributed by atoms with Crippen molar-refractivity contribution in [1.29, 1.82) is 0 Å². The van der Waals surface area contributed by atoms with E-state index < -0.39 is 15.7 Å². The van der Waals surface area contributed by atoms with E-state index in [1.165, 1.54) is 0 Å². The molecule has 0 aromatic rings. The molecule has 0 atom stereocenters. The smallest absolute Gasteiger partial charge is 0.383 e. The van der Waals surface area contributed by atoms with Gasteiger partial charge in [-0.15, -0.1) is 0 Å². The minimum atomic E-state index is -2.81. The Kier molecular flexibility index (Phi) is 9.32. The van der Waals surface area contributed by atoms with Crippen LogP contribution in [0.5, 0.6) is 0 Å². The molecule has 0 aliphatic rings. The molecule has 0 spiro atoms. The Morgan fingerprint density at radius 1 is 0.647 bits per heavy atom. The molecule has 104 valence electrons. The fourth-order valence-electron chi connectivity index (χ4n) is 1.40. The number of hydrogen-bond acceptors (Lipinski definition) is 4. The van der Waals surface area contributed by atoms with E-state index in [2.05, 4.69) is 0 Å². The third kappa shape index (κ3) is 7.12. The van der Waals surface area contributed by atoms with Crippen LogP contribution in [0.2, 0.25) is 5.67 Å². The molecule has 0 aliphatic carbocycles. The number of halogens is 2.